The molecule has 0 aliphatic carbocycles. The van der Waals surface area contributed by atoms with Crippen LogP contribution in [0.5, 0.6) is 5.75 Å². The number of hydrogen-bond donors (Lipinski definition) is 1. The van der Waals surface area contributed by atoms with Gasteiger partial charge in [-0.15, -0.1) is 0 Å². The van der Waals surface area contributed by atoms with E-state index in [0.29, 0.717) is 10.9 Å². The monoisotopic (exact) mass is 402 g/mol. The van der Waals surface area contributed by atoms with Gasteiger partial charge in [0, 0.05) is 0 Å². The molecule has 0 aliphatic heterocycles. The number of amides is 1. The van der Waals surface area contributed by atoms with Crippen LogP contribution in [0.15, 0.2) is 66.7 Å². The van der Waals surface area contributed by atoms with E-state index in [1.54, 1.807) is 6.92 Å². The summed E-state index contributed by atoms with van der Waals surface area (Å²) in [5.41, 5.74) is 5.48. The number of anilines is 1. The molecule has 5 heteroatoms. The maximum atomic E-state index is 12.6. The molecule has 0 aliphatic rings. The van der Waals surface area contributed by atoms with E-state index in [0.717, 1.165) is 26.9 Å². The van der Waals surface area contributed by atoms with Gasteiger partial charge in [-0.25, -0.2) is 4.98 Å². The Bertz CT molecular complexity index is 1150. The molecule has 1 N–H and O–H groups in total. The third-order valence-electron chi connectivity index (χ3n) is 4.70. The number of nitrogens with zero attached hydrogens (tertiary/aromatic N) is 1. The molecule has 1 aromatic heterocycles. The molecule has 1 amide bonds. The Morgan fingerprint density at radius 3 is 2.41 bits per heavy atom. The third kappa shape index (κ3) is 4.30. The van der Waals surface area contributed by atoms with Crippen LogP contribution in [0.3, 0.4) is 0 Å². The zero-order valence-electron chi connectivity index (χ0n) is 16.6. The van der Waals surface area contributed by atoms with Crippen LogP contribution in [0, 0.1) is 13.8 Å². The number of ether oxygens (including phenoxy) is 1. The van der Waals surface area contributed by atoms with Gasteiger partial charge in [-0.3, -0.25) is 10.1 Å². The predicted octanol–water partition coefficient (Wildman–Crippen LogP) is 5.99. The van der Waals surface area contributed by atoms with Gasteiger partial charge < -0.3 is 4.74 Å². The first-order valence-electron chi connectivity index (χ1n) is 9.50. The molecular weight excluding hydrogens is 380 g/mol. The molecule has 1 unspecified atom stereocenters. The SMILES string of the molecule is Cc1cc(C)c2nc(NC(=O)C(C)Oc3ccc(-c4ccccc4)cc3)sc2c1. The average Bonchev–Trinajstić information content (AvgIpc) is 3.12. The zero-order chi connectivity index (χ0) is 20.4. The molecule has 1 heterocycles. The van der Waals surface area contributed by atoms with Gasteiger partial charge in [0.05, 0.1) is 10.2 Å². The lowest BCUT2D eigenvalue weighted by Crippen LogP contribution is -2.30. The summed E-state index contributed by atoms with van der Waals surface area (Å²) < 4.78 is 6.89. The van der Waals surface area contributed by atoms with Gasteiger partial charge in [-0.2, -0.15) is 0 Å². The topological polar surface area (TPSA) is 51.2 Å². The average molecular weight is 403 g/mol. The van der Waals surface area contributed by atoms with Crippen LogP contribution in [0.4, 0.5) is 5.13 Å². The summed E-state index contributed by atoms with van der Waals surface area (Å²) in [5, 5.41) is 3.47. The van der Waals surface area contributed by atoms with Crippen LogP contribution >= 0.6 is 11.3 Å². The molecule has 0 saturated heterocycles. The van der Waals surface area contributed by atoms with Gasteiger partial charge in [0.15, 0.2) is 11.2 Å². The molecule has 0 bridgehead atoms. The highest BCUT2D eigenvalue weighted by Gasteiger charge is 2.17. The van der Waals surface area contributed by atoms with E-state index in [-0.39, 0.29) is 5.91 Å². The maximum absolute atomic E-state index is 12.6. The number of benzene rings is 3. The number of hydrogen-bond acceptors (Lipinski definition) is 4. The van der Waals surface area contributed by atoms with Crippen molar-refractivity contribution in [3.05, 3.63) is 77.9 Å². The van der Waals surface area contributed by atoms with Crippen molar-refractivity contribution >= 4 is 32.6 Å². The molecule has 0 spiro atoms. The fourth-order valence-corrected chi connectivity index (χ4v) is 4.29. The summed E-state index contributed by atoms with van der Waals surface area (Å²) in [6, 6.07) is 22.1. The van der Waals surface area contributed by atoms with Crippen molar-refractivity contribution in [2.75, 3.05) is 5.32 Å². The molecule has 0 fully saturated rings. The molecule has 4 nitrogen and oxygen atoms in total. The van der Waals surface area contributed by atoms with Crippen molar-refractivity contribution in [1.29, 1.82) is 0 Å². The van der Waals surface area contributed by atoms with E-state index in [2.05, 4.69) is 41.5 Å². The second-order valence-electron chi connectivity index (χ2n) is 7.09. The van der Waals surface area contributed by atoms with Crippen LogP contribution in [0.25, 0.3) is 21.3 Å². The first-order chi connectivity index (χ1) is 14.0. The van der Waals surface area contributed by atoms with Crippen LogP contribution in [-0.4, -0.2) is 17.0 Å². The molecule has 4 aromatic rings. The second kappa shape index (κ2) is 8.05. The van der Waals surface area contributed by atoms with E-state index in [4.69, 9.17) is 4.74 Å². The minimum absolute atomic E-state index is 0.217. The summed E-state index contributed by atoms with van der Waals surface area (Å²) in [6.07, 6.45) is -0.632. The first kappa shape index (κ1) is 19.2. The van der Waals surface area contributed by atoms with Crippen molar-refractivity contribution in [3.63, 3.8) is 0 Å². The van der Waals surface area contributed by atoms with Crippen molar-refractivity contribution in [2.24, 2.45) is 0 Å². The Balaban J connectivity index is 1.42. The van der Waals surface area contributed by atoms with Crippen molar-refractivity contribution in [2.45, 2.75) is 26.9 Å². The van der Waals surface area contributed by atoms with Crippen molar-refractivity contribution in [3.8, 4) is 16.9 Å². The van der Waals surface area contributed by atoms with Crippen LogP contribution in [-0.2, 0) is 4.79 Å². The maximum Gasteiger partial charge on any atom is 0.266 e. The van der Waals surface area contributed by atoms with E-state index >= 15 is 0 Å². The number of nitrogens with one attached hydrogen (secondary N) is 1. The van der Waals surface area contributed by atoms with Crippen molar-refractivity contribution in [1.82, 2.24) is 4.98 Å². The van der Waals surface area contributed by atoms with Crippen LogP contribution in [0.1, 0.15) is 18.1 Å². The molecule has 1 atom stereocenters. The number of rotatable bonds is 5. The quantitative estimate of drug-likeness (QED) is 0.446. The van der Waals surface area contributed by atoms with Gasteiger partial charge in [0.2, 0.25) is 0 Å². The highest BCUT2D eigenvalue weighted by Crippen LogP contribution is 2.29. The standard InChI is InChI=1S/C24H22N2O2S/c1-15-13-16(2)22-21(14-15)29-24(25-22)26-23(27)17(3)28-20-11-9-19(10-12-20)18-7-5-4-6-8-18/h4-14,17H,1-3H3,(H,25,26,27). The first-order valence-corrected chi connectivity index (χ1v) is 10.3. The smallest absolute Gasteiger partial charge is 0.266 e. The summed E-state index contributed by atoms with van der Waals surface area (Å²) >= 11 is 1.48. The summed E-state index contributed by atoms with van der Waals surface area (Å²) in [5.74, 6) is 0.439. The number of carbonyl (C=O) groups excluding carboxylic acids is 1. The predicted molar refractivity (Wildman–Crippen MR) is 120 cm³/mol. The molecule has 146 valence electrons. The van der Waals surface area contributed by atoms with Gasteiger partial charge >= 0.3 is 0 Å². The zero-order valence-corrected chi connectivity index (χ0v) is 17.4. The summed E-state index contributed by atoms with van der Waals surface area (Å²) in [7, 11) is 0. The Hall–Kier alpha value is -3.18. The highest BCUT2D eigenvalue weighted by atomic mass is 32.1. The van der Waals surface area contributed by atoms with E-state index < -0.39 is 6.10 Å². The number of thiazole rings is 1. The number of aryl methyl sites for hydroxylation is 2. The number of fused-ring (bicyclic) bond motifs is 1. The summed E-state index contributed by atoms with van der Waals surface area (Å²) in [4.78, 5) is 17.1. The lowest BCUT2D eigenvalue weighted by Gasteiger charge is -2.14. The minimum atomic E-state index is -0.632. The van der Waals surface area contributed by atoms with Gasteiger partial charge in [-0.1, -0.05) is 59.9 Å². The number of carbonyl (C=O) groups is 1. The molecule has 3 aromatic carbocycles. The van der Waals surface area contributed by atoms with E-state index in [1.165, 1.54) is 16.9 Å². The van der Waals surface area contributed by atoms with Gasteiger partial charge in [-0.05, 0) is 61.2 Å². The number of aromatic nitrogens is 1. The molecule has 0 saturated carbocycles. The molecule has 0 radical (unpaired) electrons. The van der Waals surface area contributed by atoms with Crippen LogP contribution in [0.2, 0.25) is 0 Å². The fraction of sp³-hybridized carbons (Fsp3) is 0.167. The van der Waals surface area contributed by atoms with Crippen molar-refractivity contribution < 1.29 is 9.53 Å². The lowest BCUT2D eigenvalue weighted by molar-refractivity contribution is -0.122. The molecular formula is C24H22N2O2S. The molecule has 4 rings (SSSR count). The largest absolute Gasteiger partial charge is 0.481 e. The Kier molecular flexibility index (Phi) is 5.32. The van der Waals surface area contributed by atoms with E-state index in [9.17, 15) is 4.79 Å². The summed E-state index contributed by atoms with van der Waals surface area (Å²) in [6.45, 7) is 5.83. The highest BCUT2D eigenvalue weighted by molar-refractivity contribution is 7.22. The minimum Gasteiger partial charge on any atom is -0.481 e. The lowest BCUT2D eigenvalue weighted by atomic mass is 10.1. The Labute approximate surface area is 174 Å². The second-order valence-corrected chi connectivity index (χ2v) is 8.12. The van der Waals surface area contributed by atoms with Gasteiger partial charge in [0.25, 0.3) is 5.91 Å². The third-order valence-corrected chi connectivity index (χ3v) is 5.62. The Morgan fingerprint density at radius 2 is 1.69 bits per heavy atom. The van der Waals surface area contributed by atoms with E-state index in [1.807, 2.05) is 49.4 Å². The Morgan fingerprint density at radius 1 is 1.00 bits per heavy atom. The normalized spacial score (nSPS) is 12.0. The fourth-order valence-electron chi connectivity index (χ4n) is 3.25. The van der Waals surface area contributed by atoms with Gasteiger partial charge in [0.1, 0.15) is 5.75 Å². The molecule has 29 heavy (non-hydrogen) atoms. The van der Waals surface area contributed by atoms with Crippen LogP contribution < -0.4 is 10.1 Å².